The first-order chi connectivity index (χ1) is 26.8. The fourth-order valence-corrected chi connectivity index (χ4v) is 8.20. The van der Waals surface area contributed by atoms with E-state index in [1.165, 1.54) is 60.4 Å². The van der Waals surface area contributed by atoms with Gasteiger partial charge in [0.15, 0.2) is 0 Å². The zero-order valence-corrected chi connectivity index (χ0v) is 29.7. The minimum atomic E-state index is 1.11. The minimum absolute atomic E-state index is 1.11. The van der Waals surface area contributed by atoms with E-state index in [1.807, 2.05) is 0 Å². The Balaban J connectivity index is 1.17. The van der Waals surface area contributed by atoms with E-state index in [9.17, 15) is 0 Å². The third-order valence-electron chi connectivity index (χ3n) is 10.6. The second kappa shape index (κ2) is 13.4. The average Bonchev–Trinajstić information content (AvgIpc) is 3.60. The van der Waals surface area contributed by atoms with Crippen LogP contribution in [0.15, 0.2) is 218 Å². The van der Waals surface area contributed by atoms with Crippen LogP contribution in [0, 0.1) is 0 Å². The number of benzene rings is 9. The number of para-hydroxylation sites is 3. The third kappa shape index (κ3) is 5.36. The van der Waals surface area contributed by atoms with Crippen LogP contribution in [0.3, 0.4) is 0 Å². The second-order valence-corrected chi connectivity index (χ2v) is 13.7. The first-order valence-corrected chi connectivity index (χ1v) is 18.5. The lowest BCUT2D eigenvalue weighted by molar-refractivity contribution is 1.18. The van der Waals surface area contributed by atoms with Crippen molar-refractivity contribution in [2.45, 2.75) is 0 Å². The van der Waals surface area contributed by atoms with E-state index in [2.05, 4.69) is 228 Å². The fraction of sp³-hybridized carbons (Fsp3) is 0. The van der Waals surface area contributed by atoms with Gasteiger partial charge in [-0.1, -0.05) is 170 Å². The lowest BCUT2D eigenvalue weighted by atomic mass is 9.94. The van der Waals surface area contributed by atoms with Crippen LogP contribution in [0.1, 0.15) is 0 Å². The first-order valence-electron chi connectivity index (χ1n) is 18.5. The molecule has 0 bridgehead atoms. The van der Waals surface area contributed by atoms with Gasteiger partial charge in [-0.05, 0) is 87.1 Å². The van der Waals surface area contributed by atoms with Gasteiger partial charge >= 0.3 is 0 Å². The molecule has 0 N–H and O–H groups in total. The average molecular weight is 689 g/mol. The lowest BCUT2D eigenvalue weighted by Crippen LogP contribution is -2.11. The molecular weight excluding hydrogens is 653 g/mol. The second-order valence-electron chi connectivity index (χ2n) is 13.7. The minimum Gasteiger partial charge on any atom is -0.309 e. The summed E-state index contributed by atoms with van der Waals surface area (Å²) >= 11 is 0. The van der Waals surface area contributed by atoms with Crippen LogP contribution in [0.25, 0.3) is 71.6 Å². The standard InChI is InChI=1S/C52H36N2/c1-3-17-37(18-4-1)42-23-9-10-24-43(42)39-33-35-41(36-34-39)54-49-30-14-12-27-47(49)52-50(31-16-32-51(52)54)53(40-21-5-2-6-22-40)48-29-13-11-26-46(48)45-28-15-20-38-19-7-8-25-44(38)45/h1-36H. The number of anilines is 3. The molecule has 0 radical (unpaired) electrons. The summed E-state index contributed by atoms with van der Waals surface area (Å²) in [6.45, 7) is 0. The molecule has 10 aromatic rings. The Morgan fingerprint density at radius 3 is 1.61 bits per heavy atom. The summed E-state index contributed by atoms with van der Waals surface area (Å²) in [5.74, 6) is 0. The number of nitrogens with zero attached hydrogens (tertiary/aromatic N) is 2. The molecule has 0 saturated carbocycles. The maximum absolute atomic E-state index is 2.44. The lowest BCUT2D eigenvalue weighted by Gasteiger charge is -2.29. The molecule has 10 rings (SSSR count). The van der Waals surface area contributed by atoms with Crippen LogP contribution in [-0.2, 0) is 0 Å². The van der Waals surface area contributed by atoms with Crippen molar-refractivity contribution in [2.24, 2.45) is 0 Å². The number of hydrogen-bond acceptors (Lipinski definition) is 1. The van der Waals surface area contributed by atoms with E-state index in [-0.39, 0.29) is 0 Å². The van der Waals surface area contributed by atoms with Crippen molar-refractivity contribution >= 4 is 49.6 Å². The van der Waals surface area contributed by atoms with Crippen molar-refractivity contribution in [2.75, 3.05) is 4.90 Å². The maximum Gasteiger partial charge on any atom is 0.0562 e. The zero-order valence-electron chi connectivity index (χ0n) is 29.7. The summed E-state index contributed by atoms with van der Waals surface area (Å²) < 4.78 is 2.42. The SMILES string of the molecule is c1ccc(-c2ccccc2-c2ccc(-n3c4ccccc4c4c(N(c5ccccc5)c5ccccc5-c5cccc6ccccc56)cccc43)cc2)cc1. The van der Waals surface area contributed by atoms with E-state index in [4.69, 9.17) is 0 Å². The van der Waals surface area contributed by atoms with Crippen LogP contribution in [0.4, 0.5) is 17.1 Å². The highest BCUT2D eigenvalue weighted by atomic mass is 15.1. The largest absolute Gasteiger partial charge is 0.309 e. The molecule has 0 spiro atoms. The highest BCUT2D eigenvalue weighted by Crippen LogP contribution is 2.47. The fourth-order valence-electron chi connectivity index (χ4n) is 8.20. The van der Waals surface area contributed by atoms with Crippen molar-refractivity contribution in [1.82, 2.24) is 4.57 Å². The highest BCUT2D eigenvalue weighted by molar-refractivity contribution is 6.17. The van der Waals surface area contributed by atoms with Gasteiger partial charge in [0.2, 0.25) is 0 Å². The van der Waals surface area contributed by atoms with Crippen LogP contribution >= 0.6 is 0 Å². The molecule has 0 unspecified atom stereocenters. The van der Waals surface area contributed by atoms with Gasteiger partial charge in [-0.3, -0.25) is 0 Å². The molecular formula is C52H36N2. The van der Waals surface area contributed by atoms with Crippen LogP contribution in [-0.4, -0.2) is 4.57 Å². The van der Waals surface area contributed by atoms with Crippen molar-refractivity contribution in [3.63, 3.8) is 0 Å². The van der Waals surface area contributed by atoms with Gasteiger partial charge in [0.1, 0.15) is 0 Å². The van der Waals surface area contributed by atoms with Crippen molar-refractivity contribution < 1.29 is 0 Å². The first kappa shape index (κ1) is 31.6. The summed E-state index contributed by atoms with van der Waals surface area (Å²) in [7, 11) is 0. The predicted molar refractivity (Wildman–Crippen MR) is 229 cm³/mol. The summed E-state index contributed by atoms with van der Waals surface area (Å²) in [5, 5.41) is 4.90. The Bertz CT molecular complexity index is 2920. The molecule has 9 aromatic carbocycles. The van der Waals surface area contributed by atoms with Gasteiger partial charge in [0.25, 0.3) is 0 Å². The normalized spacial score (nSPS) is 11.3. The Morgan fingerprint density at radius 1 is 0.315 bits per heavy atom. The molecule has 0 aliphatic rings. The molecule has 0 aliphatic heterocycles. The zero-order chi connectivity index (χ0) is 35.8. The Labute approximate surface area is 315 Å². The number of rotatable bonds is 7. The molecule has 54 heavy (non-hydrogen) atoms. The Morgan fingerprint density at radius 2 is 0.833 bits per heavy atom. The monoisotopic (exact) mass is 688 g/mol. The summed E-state index contributed by atoms with van der Waals surface area (Å²) in [6, 6.07) is 78.8. The third-order valence-corrected chi connectivity index (χ3v) is 10.6. The number of aromatic nitrogens is 1. The molecule has 2 nitrogen and oxygen atoms in total. The summed E-state index contributed by atoms with van der Waals surface area (Å²) in [5.41, 5.74) is 14.1. The van der Waals surface area contributed by atoms with Gasteiger partial charge in [-0.15, -0.1) is 0 Å². The van der Waals surface area contributed by atoms with Gasteiger partial charge in [-0.25, -0.2) is 0 Å². The van der Waals surface area contributed by atoms with E-state index in [1.54, 1.807) is 0 Å². The van der Waals surface area contributed by atoms with Gasteiger partial charge < -0.3 is 9.47 Å². The summed E-state index contributed by atoms with van der Waals surface area (Å²) in [4.78, 5) is 2.44. The molecule has 254 valence electrons. The maximum atomic E-state index is 2.44. The van der Waals surface area contributed by atoms with Gasteiger partial charge in [0, 0.05) is 27.7 Å². The van der Waals surface area contributed by atoms with E-state index in [0.717, 1.165) is 28.3 Å². The molecule has 1 aromatic heterocycles. The quantitative estimate of drug-likeness (QED) is 0.162. The van der Waals surface area contributed by atoms with Crippen LogP contribution in [0.5, 0.6) is 0 Å². The molecule has 0 amide bonds. The van der Waals surface area contributed by atoms with Crippen LogP contribution in [0.2, 0.25) is 0 Å². The van der Waals surface area contributed by atoms with E-state index >= 15 is 0 Å². The highest BCUT2D eigenvalue weighted by Gasteiger charge is 2.23. The molecule has 0 fully saturated rings. The molecule has 1 heterocycles. The summed E-state index contributed by atoms with van der Waals surface area (Å²) in [6.07, 6.45) is 0. The van der Waals surface area contributed by atoms with Crippen molar-refractivity contribution in [1.29, 1.82) is 0 Å². The number of hydrogen-bond donors (Lipinski definition) is 0. The van der Waals surface area contributed by atoms with Gasteiger partial charge in [0.05, 0.1) is 22.4 Å². The molecule has 0 atom stereocenters. The number of fused-ring (bicyclic) bond motifs is 4. The molecule has 2 heteroatoms. The Kier molecular flexibility index (Phi) is 7.85. The van der Waals surface area contributed by atoms with E-state index < -0.39 is 0 Å². The Hall–Kier alpha value is -7.16. The van der Waals surface area contributed by atoms with Gasteiger partial charge in [-0.2, -0.15) is 0 Å². The predicted octanol–water partition coefficient (Wildman–Crippen LogP) is 14.4. The van der Waals surface area contributed by atoms with Crippen molar-refractivity contribution in [3.05, 3.63) is 218 Å². The molecule has 0 saturated heterocycles. The molecule has 0 aliphatic carbocycles. The topological polar surface area (TPSA) is 8.17 Å². The van der Waals surface area contributed by atoms with Crippen LogP contribution < -0.4 is 4.90 Å². The smallest absolute Gasteiger partial charge is 0.0562 e. The van der Waals surface area contributed by atoms with E-state index in [0.29, 0.717) is 0 Å². The van der Waals surface area contributed by atoms with Crippen molar-refractivity contribution in [3.8, 4) is 39.1 Å².